The number of hydrogen-bond donors (Lipinski definition) is 1. The van der Waals surface area contributed by atoms with Crippen LogP contribution < -0.4 is 5.32 Å². The van der Waals surface area contributed by atoms with E-state index in [2.05, 4.69) is 19.2 Å². The summed E-state index contributed by atoms with van der Waals surface area (Å²) in [5, 5.41) is 3.91. The smallest absolute Gasteiger partial charge is 0.318 e. The molecule has 0 aromatic heterocycles. The van der Waals surface area contributed by atoms with Crippen molar-refractivity contribution in [2.45, 2.75) is 84.6 Å². The number of rotatable bonds is 12. The van der Waals surface area contributed by atoms with Crippen LogP contribution in [0.3, 0.4) is 0 Å². The molecule has 0 spiro atoms. The van der Waals surface area contributed by atoms with Crippen LogP contribution in [-0.4, -0.2) is 24.0 Å². The molecule has 1 aromatic rings. The van der Waals surface area contributed by atoms with Gasteiger partial charge in [-0.25, -0.2) is 4.79 Å². The Morgan fingerprint density at radius 2 is 1.58 bits per heavy atom. The van der Waals surface area contributed by atoms with Crippen LogP contribution in [0.5, 0.6) is 0 Å². The van der Waals surface area contributed by atoms with E-state index < -0.39 is 5.54 Å². The highest BCUT2D eigenvalue weighted by molar-refractivity contribution is 6.30. The van der Waals surface area contributed by atoms with E-state index in [0.717, 1.165) is 31.5 Å². The van der Waals surface area contributed by atoms with Crippen molar-refractivity contribution < 1.29 is 4.79 Å². The third-order valence-corrected chi connectivity index (χ3v) is 5.05. The van der Waals surface area contributed by atoms with Gasteiger partial charge in [0, 0.05) is 18.1 Å². The highest BCUT2D eigenvalue weighted by Gasteiger charge is 2.25. The summed E-state index contributed by atoms with van der Waals surface area (Å²) in [6.45, 7) is 10.2. The number of halogens is 1. The van der Waals surface area contributed by atoms with Crippen LogP contribution in [-0.2, 0) is 5.54 Å². The van der Waals surface area contributed by atoms with Gasteiger partial charge in [-0.2, -0.15) is 0 Å². The van der Waals surface area contributed by atoms with Crippen molar-refractivity contribution in [1.29, 1.82) is 0 Å². The average molecular weight is 381 g/mol. The molecular formula is C22H37ClN2O. The zero-order valence-corrected chi connectivity index (χ0v) is 17.9. The predicted molar refractivity (Wildman–Crippen MR) is 113 cm³/mol. The molecule has 3 nitrogen and oxygen atoms in total. The number of benzene rings is 1. The Bertz CT molecular complexity index is 519. The van der Waals surface area contributed by atoms with Crippen LogP contribution in [0.2, 0.25) is 5.02 Å². The van der Waals surface area contributed by atoms with Gasteiger partial charge in [-0.1, -0.05) is 76.1 Å². The Kier molecular flexibility index (Phi) is 10.7. The molecule has 0 aliphatic rings. The molecule has 1 aromatic carbocycles. The number of carbonyl (C=O) groups excluding carboxylic acids is 1. The van der Waals surface area contributed by atoms with E-state index in [-0.39, 0.29) is 6.03 Å². The topological polar surface area (TPSA) is 32.3 Å². The molecule has 0 saturated carbocycles. The average Bonchev–Trinajstić information content (AvgIpc) is 2.60. The first kappa shape index (κ1) is 22.8. The molecule has 0 atom stereocenters. The van der Waals surface area contributed by atoms with Crippen molar-refractivity contribution in [2.75, 3.05) is 13.1 Å². The quantitative estimate of drug-likeness (QED) is 0.399. The largest absolute Gasteiger partial charge is 0.329 e. The van der Waals surface area contributed by atoms with Crippen LogP contribution in [0.15, 0.2) is 24.3 Å². The summed E-state index contributed by atoms with van der Waals surface area (Å²) in [5.41, 5.74) is 0.572. The van der Waals surface area contributed by atoms with Crippen LogP contribution in [0.25, 0.3) is 0 Å². The van der Waals surface area contributed by atoms with Gasteiger partial charge in [0.2, 0.25) is 0 Å². The van der Waals surface area contributed by atoms with Crippen molar-refractivity contribution in [3.8, 4) is 0 Å². The Hall–Kier alpha value is -1.22. The van der Waals surface area contributed by atoms with Crippen LogP contribution >= 0.6 is 11.6 Å². The van der Waals surface area contributed by atoms with Crippen molar-refractivity contribution in [1.82, 2.24) is 10.2 Å². The van der Waals surface area contributed by atoms with E-state index in [1.54, 1.807) is 0 Å². The van der Waals surface area contributed by atoms with Gasteiger partial charge >= 0.3 is 6.03 Å². The number of nitrogens with zero attached hydrogens (tertiary/aromatic N) is 1. The lowest BCUT2D eigenvalue weighted by molar-refractivity contribution is 0.184. The molecule has 0 unspecified atom stereocenters. The van der Waals surface area contributed by atoms with Crippen molar-refractivity contribution in [3.05, 3.63) is 34.9 Å². The van der Waals surface area contributed by atoms with Gasteiger partial charge in [-0.15, -0.1) is 0 Å². The maximum atomic E-state index is 12.9. The van der Waals surface area contributed by atoms with Gasteiger partial charge < -0.3 is 10.2 Å². The summed E-state index contributed by atoms with van der Waals surface area (Å²) >= 11 is 6.12. The second-order valence-corrected chi connectivity index (χ2v) is 8.11. The van der Waals surface area contributed by atoms with E-state index in [0.29, 0.717) is 5.02 Å². The van der Waals surface area contributed by atoms with E-state index in [9.17, 15) is 4.79 Å². The highest BCUT2D eigenvalue weighted by atomic mass is 35.5. The predicted octanol–water partition coefficient (Wildman–Crippen LogP) is 6.75. The molecule has 1 rings (SSSR count). The Morgan fingerprint density at radius 3 is 2.08 bits per heavy atom. The second kappa shape index (κ2) is 12.2. The number of urea groups is 1. The molecule has 0 fully saturated rings. The molecule has 0 aliphatic carbocycles. The summed E-state index contributed by atoms with van der Waals surface area (Å²) in [6.07, 6.45) is 9.42. The molecule has 26 heavy (non-hydrogen) atoms. The standard InChI is InChI=1S/C22H37ClN2O/c1-5-7-9-11-16-25(17-12-10-8-6-2)21(26)24-22(3,4)19-14-13-15-20(23)18-19/h13-15,18H,5-12,16-17H2,1-4H3,(H,24,26). The molecule has 1 N–H and O–H groups in total. The lowest BCUT2D eigenvalue weighted by Gasteiger charge is -2.32. The van der Waals surface area contributed by atoms with Gasteiger partial charge in [-0.05, 0) is 44.4 Å². The van der Waals surface area contributed by atoms with Gasteiger partial charge in [0.05, 0.1) is 5.54 Å². The molecule has 0 bridgehead atoms. The summed E-state index contributed by atoms with van der Waals surface area (Å²) in [4.78, 5) is 14.9. The van der Waals surface area contributed by atoms with E-state index in [1.807, 2.05) is 43.0 Å². The van der Waals surface area contributed by atoms with Gasteiger partial charge in [0.1, 0.15) is 0 Å². The molecular weight excluding hydrogens is 344 g/mol. The number of nitrogens with one attached hydrogen (secondary N) is 1. The minimum Gasteiger partial charge on any atom is -0.329 e. The van der Waals surface area contributed by atoms with Crippen molar-refractivity contribution in [3.63, 3.8) is 0 Å². The molecule has 148 valence electrons. The lowest BCUT2D eigenvalue weighted by Crippen LogP contribution is -2.49. The Labute approximate surface area is 165 Å². The SMILES string of the molecule is CCCCCCN(CCCCCC)C(=O)NC(C)(C)c1cccc(Cl)c1. The van der Waals surface area contributed by atoms with Crippen LogP contribution in [0, 0.1) is 0 Å². The highest BCUT2D eigenvalue weighted by Crippen LogP contribution is 2.23. The zero-order valence-electron chi connectivity index (χ0n) is 17.1. The molecule has 4 heteroatoms. The van der Waals surface area contributed by atoms with Gasteiger partial charge in [0.15, 0.2) is 0 Å². The zero-order chi connectivity index (χ0) is 19.4. The van der Waals surface area contributed by atoms with Gasteiger partial charge in [0.25, 0.3) is 0 Å². The van der Waals surface area contributed by atoms with Crippen LogP contribution in [0.1, 0.15) is 84.6 Å². The van der Waals surface area contributed by atoms with Crippen molar-refractivity contribution in [2.24, 2.45) is 0 Å². The van der Waals surface area contributed by atoms with E-state index in [1.165, 1.54) is 38.5 Å². The van der Waals surface area contributed by atoms with Gasteiger partial charge in [-0.3, -0.25) is 0 Å². The first-order valence-electron chi connectivity index (χ1n) is 10.2. The van der Waals surface area contributed by atoms with E-state index in [4.69, 9.17) is 11.6 Å². The molecule has 0 saturated heterocycles. The monoisotopic (exact) mass is 380 g/mol. The normalized spacial score (nSPS) is 11.4. The Balaban J connectivity index is 2.68. The number of amides is 2. The Morgan fingerprint density at radius 1 is 1.00 bits per heavy atom. The molecule has 0 radical (unpaired) electrons. The van der Waals surface area contributed by atoms with Crippen LogP contribution in [0.4, 0.5) is 4.79 Å². The fourth-order valence-electron chi connectivity index (χ4n) is 3.07. The summed E-state index contributed by atoms with van der Waals surface area (Å²) in [5.74, 6) is 0. The number of hydrogen-bond acceptors (Lipinski definition) is 1. The molecule has 0 heterocycles. The second-order valence-electron chi connectivity index (χ2n) is 7.67. The fourth-order valence-corrected chi connectivity index (χ4v) is 3.26. The molecule has 2 amide bonds. The fraction of sp³-hybridized carbons (Fsp3) is 0.682. The third-order valence-electron chi connectivity index (χ3n) is 4.82. The molecule has 0 aliphatic heterocycles. The first-order chi connectivity index (χ1) is 12.4. The lowest BCUT2D eigenvalue weighted by atomic mass is 9.94. The number of carbonyl (C=O) groups is 1. The number of unbranched alkanes of at least 4 members (excludes halogenated alkanes) is 6. The minimum absolute atomic E-state index is 0.0305. The first-order valence-corrected chi connectivity index (χ1v) is 10.6. The summed E-state index contributed by atoms with van der Waals surface area (Å²) < 4.78 is 0. The third kappa shape index (κ3) is 8.44. The maximum absolute atomic E-state index is 12.9. The summed E-state index contributed by atoms with van der Waals surface area (Å²) in [6, 6.07) is 7.76. The summed E-state index contributed by atoms with van der Waals surface area (Å²) in [7, 11) is 0. The minimum atomic E-state index is -0.451. The maximum Gasteiger partial charge on any atom is 0.318 e. The van der Waals surface area contributed by atoms with E-state index >= 15 is 0 Å². The van der Waals surface area contributed by atoms with Crippen molar-refractivity contribution >= 4 is 17.6 Å².